The van der Waals surface area contributed by atoms with Crippen molar-refractivity contribution < 1.29 is 13.2 Å². The topological polar surface area (TPSA) is 93.9 Å². The molecule has 0 aliphatic carbocycles. The van der Waals surface area contributed by atoms with E-state index in [1.54, 1.807) is 6.92 Å². The van der Waals surface area contributed by atoms with E-state index in [2.05, 4.69) is 10.3 Å². The molecule has 1 amide bonds. The number of aryl methyl sites for hydroxylation is 1. The first-order chi connectivity index (χ1) is 8.38. The summed E-state index contributed by atoms with van der Waals surface area (Å²) in [5.74, 6) is -0.828. The molecule has 1 atom stereocenters. The average Bonchev–Trinajstić information content (AvgIpc) is 2.72. The fourth-order valence-corrected chi connectivity index (χ4v) is 2.59. The lowest BCUT2D eigenvalue weighted by Gasteiger charge is -2.11. The molecule has 0 spiro atoms. The first-order valence-electron chi connectivity index (χ1n) is 5.79. The standard InChI is InChI=1S/C10H18N4O3S/c1-4-5-6-8(2)10(15)12-18(16,17)9-7-11-13-14(9)3/h7-8H,4-6H2,1-3H3,(H,12,15). The summed E-state index contributed by atoms with van der Waals surface area (Å²) in [5, 5.41) is 6.87. The van der Waals surface area contributed by atoms with Gasteiger partial charge < -0.3 is 0 Å². The molecule has 1 rings (SSSR count). The zero-order valence-corrected chi connectivity index (χ0v) is 11.6. The lowest BCUT2D eigenvalue weighted by molar-refractivity contribution is -0.122. The maximum absolute atomic E-state index is 11.9. The molecular weight excluding hydrogens is 256 g/mol. The molecule has 1 N–H and O–H groups in total. The van der Waals surface area contributed by atoms with Gasteiger partial charge in [0.15, 0.2) is 5.03 Å². The van der Waals surface area contributed by atoms with Gasteiger partial charge in [0.1, 0.15) is 0 Å². The van der Waals surface area contributed by atoms with Gasteiger partial charge in [-0.25, -0.2) is 9.40 Å². The van der Waals surface area contributed by atoms with Crippen molar-refractivity contribution in [3.63, 3.8) is 0 Å². The van der Waals surface area contributed by atoms with Crippen LogP contribution in [0, 0.1) is 5.92 Å². The molecular formula is C10H18N4O3S. The summed E-state index contributed by atoms with van der Waals surface area (Å²) >= 11 is 0. The molecule has 18 heavy (non-hydrogen) atoms. The molecule has 0 bridgehead atoms. The summed E-state index contributed by atoms with van der Waals surface area (Å²) in [6, 6.07) is 0. The Bertz CT molecular complexity index is 509. The van der Waals surface area contributed by atoms with E-state index in [0.717, 1.165) is 23.7 Å². The molecule has 0 saturated heterocycles. The lowest BCUT2D eigenvalue weighted by Crippen LogP contribution is -2.35. The second-order valence-electron chi connectivity index (χ2n) is 4.21. The predicted molar refractivity (Wildman–Crippen MR) is 65.0 cm³/mol. The SMILES string of the molecule is CCCCC(C)C(=O)NS(=O)(=O)c1cnnn1C. The van der Waals surface area contributed by atoms with Crippen molar-refractivity contribution in [2.45, 2.75) is 38.1 Å². The fraction of sp³-hybridized carbons (Fsp3) is 0.700. The van der Waals surface area contributed by atoms with E-state index in [0.29, 0.717) is 6.42 Å². The quantitative estimate of drug-likeness (QED) is 0.812. The minimum atomic E-state index is -3.88. The zero-order valence-electron chi connectivity index (χ0n) is 10.8. The molecule has 102 valence electrons. The molecule has 1 aromatic rings. The van der Waals surface area contributed by atoms with Gasteiger partial charge in [-0.2, -0.15) is 8.42 Å². The average molecular weight is 274 g/mol. The second-order valence-corrected chi connectivity index (χ2v) is 5.84. The molecule has 0 aliphatic heterocycles. The van der Waals surface area contributed by atoms with Crippen LogP contribution in [0.5, 0.6) is 0 Å². The highest BCUT2D eigenvalue weighted by Gasteiger charge is 2.24. The number of aromatic nitrogens is 3. The minimum Gasteiger partial charge on any atom is -0.274 e. The third-order valence-corrected chi connectivity index (χ3v) is 4.01. The number of rotatable bonds is 6. The number of nitrogens with zero attached hydrogens (tertiary/aromatic N) is 3. The fourth-order valence-electron chi connectivity index (χ4n) is 1.45. The van der Waals surface area contributed by atoms with E-state index in [-0.39, 0.29) is 10.9 Å². The number of amides is 1. The van der Waals surface area contributed by atoms with Gasteiger partial charge in [0.05, 0.1) is 6.20 Å². The highest BCUT2D eigenvalue weighted by molar-refractivity contribution is 7.90. The smallest absolute Gasteiger partial charge is 0.274 e. The van der Waals surface area contributed by atoms with Crippen molar-refractivity contribution in [2.75, 3.05) is 0 Å². The van der Waals surface area contributed by atoms with Crippen molar-refractivity contribution in [1.29, 1.82) is 0 Å². The number of nitrogens with one attached hydrogen (secondary N) is 1. The predicted octanol–water partition coefficient (Wildman–Crippen LogP) is 0.446. The van der Waals surface area contributed by atoms with Crippen LogP contribution in [0.25, 0.3) is 0 Å². The second kappa shape index (κ2) is 5.94. The van der Waals surface area contributed by atoms with Crippen LogP contribution in [0.4, 0.5) is 0 Å². The lowest BCUT2D eigenvalue weighted by atomic mass is 10.0. The first kappa shape index (κ1) is 14.6. The van der Waals surface area contributed by atoms with Gasteiger partial charge in [-0.1, -0.05) is 31.9 Å². The van der Waals surface area contributed by atoms with E-state index >= 15 is 0 Å². The molecule has 0 aliphatic rings. The Morgan fingerprint density at radius 3 is 2.72 bits per heavy atom. The van der Waals surface area contributed by atoms with Gasteiger partial charge in [-0.3, -0.25) is 4.79 Å². The molecule has 8 heteroatoms. The van der Waals surface area contributed by atoms with Crippen molar-refractivity contribution in [3.05, 3.63) is 6.20 Å². The van der Waals surface area contributed by atoms with Gasteiger partial charge in [0, 0.05) is 13.0 Å². The summed E-state index contributed by atoms with van der Waals surface area (Å²) in [6.45, 7) is 3.73. The number of unbranched alkanes of at least 4 members (excludes halogenated alkanes) is 1. The molecule has 1 heterocycles. The number of carbonyl (C=O) groups is 1. The van der Waals surface area contributed by atoms with Crippen LogP contribution in [-0.4, -0.2) is 29.3 Å². The van der Waals surface area contributed by atoms with Crippen LogP contribution < -0.4 is 4.72 Å². The Kier molecular flexibility index (Phi) is 4.83. The largest absolute Gasteiger partial charge is 0.282 e. The molecule has 0 fully saturated rings. The number of carbonyl (C=O) groups excluding carboxylic acids is 1. The number of hydrogen-bond acceptors (Lipinski definition) is 5. The maximum atomic E-state index is 11.9. The van der Waals surface area contributed by atoms with Crippen molar-refractivity contribution in [3.8, 4) is 0 Å². The van der Waals surface area contributed by atoms with Gasteiger partial charge in [0.2, 0.25) is 5.91 Å². The van der Waals surface area contributed by atoms with Gasteiger partial charge in [-0.15, -0.1) is 5.10 Å². The Morgan fingerprint density at radius 1 is 1.56 bits per heavy atom. The highest BCUT2D eigenvalue weighted by Crippen LogP contribution is 2.10. The normalized spacial score (nSPS) is 13.3. The van der Waals surface area contributed by atoms with Crippen LogP contribution >= 0.6 is 0 Å². The third kappa shape index (κ3) is 3.52. The van der Waals surface area contributed by atoms with Crippen LogP contribution in [0.15, 0.2) is 11.2 Å². The van der Waals surface area contributed by atoms with Crippen LogP contribution in [0.3, 0.4) is 0 Å². The third-order valence-electron chi connectivity index (χ3n) is 2.62. The molecule has 1 aromatic heterocycles. The monoisotopic (exact) mass is 274 g/mol. The van der Waals surface area contributed by atoms with Crippen LogP contribution in [-0.2, 0) is 21.9 Å². The van der Waals surface area contributed by atoms with Crippen molar-refractivity contribution >= 4 is 15.9 Å². The molecule has 0 radical (unpaired) electrons. The Morgan fingerprint density at radius 2 is 2.22 bits per heavy atom. The number of sulfonamides is 1. The summed E-state index contributed by atoms with van der Waals surface area (Å²) in [6.07, 6.45) is 3.63. The van der Waals surface area contributed by atoms with E-state index < -0.39 is 15.9 Å². The summed E-state index contributed by atoms with van der Waals surface area (Å²) in [7, 11) is -2.43. The first-order valence-corrected chi connectivity index (χ1v) is 7.28. The molecule has 1 unspecified atom stereocenters. The van der Waals surface area contributed by atoms with Gasteiger partial charge in [-0.05, 0) is 6.42 Å². The highest BCUT2D eigenvalue weighted by atomic mass is 32.2. The van der Waals surface area contributed by atoms with Crippen molar-refractivity contribution in [1.82, 2.24) is 19.7 Å². The van der Waals surface area contributed by atoms with Gasteiger partial charge in [0.25, 0.3) is 10.0 Å². The van der Waals surface area contributed by atoms with Gasteiger partial charge >= 0.3 is 0 Å². The minimum absolute atomic E-state index is 0.126. The Hall–Kier alpha value is -1.44. The van der Waals surface area contributed by atoms with E-state index in [1.807, 2.05) is 11.6 Å². The van der Waals surface area contributed by atoms with E-state index in [4.69, 9.17) is 0 Å². The van der Waals surface area contributed by atoms with Crippen LogP contribution in [0.1, 0.15) is 33.1 Å². The maximum Gasteiger partial charge on any atom is 0.282 e. The molecule has 0 aromatic carbocycles. The summed E-state index contributed by atoms with van der Waals surface area (Å²) in [5.41, 5.74) is 0. The van der Waals surface area contributed by atoms with Crippen LogP contribution in [0.2, 0.25) is 0 Å². The molecule has 7 nitrogen and oxygen atoms in total. The van der Waals surface area contributed by atoms with E-state index in [9.17, 15) is 13.2 Å². The van der Waals surface area contributed by atoms with Crippen molar-refractivity contribution in [2.24, 2.45) is 13.0 Å². The zero-order chi connectivity index (χ0) is 13.8. The summed E-state index contributed by atoms with van der Waals surface area (Å²) in [4.78, 5) is 11.7. The number of hydrogen-bond donors (Lipinski definition) is 1. The Balaban J connectivity index is 2.73. The molecule has 0 saturated carbocycles. The summed E-state index contributed by atoms with van der Waals surface area (Å²) < 4.78 is 26.9. The Labute approximate surface area is 107 Å². The van der Waals surface area contributed by atoms with E-state index in [1.165, 1.54) is 7.05 Å².